The molecule has 1 unspecified atom stereocenters. The molecule has 2 N–H and O–H groups in total. The van der Waals surface area contributed by atoms with E-state index in [0.717, 1.165) is 0 Å². The first kappa shape index (κ1) is 19.3. The molecule has 0 aliphatic carbocycles. The van der Waals surface area contributed by atoms with Gasteiger partial charge in [-0.15, -0.1) is 6.42 Å². The van der Waals surface area contributed by atoms with E-state index in [4.69, 9.17) is 11.2 Å². The molecule has 0 saturated carbocycles. The van der Waals surface area contributed by atoms with Crippen molar-refractivity contribution in [2.45, 2.75) is 58.5 Å². The first-order valence-electron chi connectivity index (χ1n) is 9.06. The highest BCUT2D eigenvalue weighted by Crippen LogP contribution is 2.43. The van der Waals surface area contributed by atoms with E-state index in [1.807, 2.05) is 13.8 Å². The summed E-state index contributed by atoms with van der Waals surface area (Å²) in [4.78, 5) is 35.7. The van der Waals surface area contributed by atoms with Crippen molar-refractivity contribution in [2.75, 3.05) is 0 Å². The molecule has 1 saturated heterocycles. The molecule has 27 heavy (non-hydrogen) atoms. The lowest BCUT2D eigenvalue weighted by Gasteiger charge is -2.25. The van der Waals surface area contributed by atoms with Crippen LogP contribution in [0.5, 0.6) is 0 Å². The Morgan fingerprint density at radius 1 is 1.56 bits per heavy atom. The van der Waals surface area contributed by atoms with Crippen LogP contribution in [0.25, 0.3) is 11.2 Å². The molecule has 8 nitrogen and oxygen atoms in total. The third-order valence-electron chi connectivity index (χ3n) is 5.39. The standard InChI is InChI=1S/C19H24N4O4/c1-6-19(7-2)11(5)15(25)18(27-19)23-9-20-16-14(23)17(26)22-13(21-16)8-12(24)10(3)4/h1,9-11,15,18,25H,7-8H2,2-5H3,(H,21,22,26)/t11?,15-,18+,19+/m0/s1. The van der Waals surface area contributed by atoms with Crippen molar-refractivity contribution >= 4 is 16.9 Å². The molecule has 144 valence electrons. The molecule has 8 heteroatoms. The predicted molar refractivity (Wildman–Crippen MR) is 98.8 cm³/mol. The number of ether oxygens (including phenoxy) is 1. The molecule has 3 heterocycles. The Hall–Kier alpha value is -2.50. The van der Waals surface area contributed by atoms with Gasteiger partial charge in [-0.3, -0.25) is 14.2 Å². The molecular formula is C19H24N4O4. The Kier molecular flexibility index (Phi) is 4.93. The van der Waals surface area contributed by atoms with Crippen LogP contribution in [0.4, 0.5) is 0 Å². The average molecular weight is 372 g/mol. The van der Waals surface area contributed by atoms with Gasteiger partial charge in [0.1, 0.15) is 29.6 Å². The van der Waals surface area contributed by atoms with Gasteiger partial charge in [0.05, 0.1) is 6.42 Å². The normalized spacial score (nSPS) is 28.0. The largest absolute Gasteiger partial charge is 0.388 e. The van der Waals surface area contributed by atoms with Crippen molar-refractivity contribution in [3.05, 3.63) is 22.5 Å². The fraction of sp³-hybridized carbons (Fsp3) is 0.579. The molecule has 0 bridgehead atoms. The second kappa shape index (κ2) is 6.91. The van der Waals surface area contributed by atoms with Crippen LogP contribution < -0.4 is 5.56 Å². The number of H-pyrrole nitrogens is 1. The van der Waals surface area contributed by atoms with Gasteiger partial charge in [0.25, 0.3) is 5.56 Å². The van der Waals surface area contributed by atoms with Gasteiger partial charge in [0.15, 0.2) is 17.4 Å². The van der Waals surface area contributed by atoms with Gasteiger partial charge in [-0.05, 0) is 6.42 Å². The molecule has 0 amide bonds. The molecule has 0 radical (unpaired) electrons. The summed E-state index contributed by atoms with van der Waals surface area (Å²) in [5, 5.41) is 10.7. The smallest absolute Gasteiger partial charge is 0.277 e. The SMILES string of the molecule is C#C[C@]1(CC)O[C@@H](n2cnc3nc(CC(=O)C(C)C)[nH]c(=O)c32)[C@@H](O)C1C. The Labute approximate surface area is 157 Å². The molecule has 1 fully saturated rings. The lowest BCUT2D eigenvalue weighted by molar-refractivity contribution is -0.121. The van der Waals surface area contributed by atoms with E-state index in [9.17, 15) is 14.7 Å². The summed E-state index contributed by atoms with van der Waals surface area (Å²) >= 11 is 0. The van der Waals surface area contributed by atoms with E-state index in [0.29, 0.717) is 6.42 Å². The predicted octanol–water partition coefficient (Wildman–Crippen LogP) is 1.19. The Bertz CT molecular complexity index is 970. The zero-order chi connectivity index (χ0) is 19.9. The molecule has 2 aromatic rings. The van der Waals surface area contributed by atoms with Crippen LogP contribution in [0.2, 0.25) is 0 Å². The number of aromatic nitrogens is 4. The van der Waals surface area contributed by atoms with Crippen LogP contribution in [0, 0.1) is 24.2 Å². The number of ketones is 1. The van der Waals surface area contributed by atoms with Crippen LogP contribution in [-0.4, -0.2) is 42.1 Å². The maximum atomic E-state index is 12.6. The molecule has 4 atom stereocenters. The lowest BCUT2D eigenvalue weighted by Crippen LogP contribution is -2.34. The average Bonchev–Trinajstić information content (AvgIpc) is 3.16. The van der Waals surface area contributed by atoms with Gasteiger partial charge in [-0.25, -0.2) is 9.97 Å². The number of imidazole rings is 1. The molecule has 2 aromatic heterocycles. The number of nitrogens with zero attached hydrogens (tertiary/aromatic N) is 3. The van der Waals surface area contributed by atoms with E-state index < -0.39 is 23.5 Å². The first-order valence-corrected chi connectivity index (χ1v) is 9.06. The fourth-order valence-electron chi connectivity index (χ4n) is 3.45. The minimum Gasteiger partial charge on any atom is -0.388 e. The van der Waals surface area contributed by atoms with Crippen LogP contribution in [0.1, 0.15) is 46.2 Å². The minimum atomic E-state index is -0.912. The second-order valence-corrected chi connectivity index (χ2v) is 7.31. The van der Waals surface area contributed by atoms with Crippen LogP contribution in [-0.2, 0) is 16.0 Å². The van der Waals surface area contributed by atoms with E-state index in [-0.39, 0.29) is 41.0 Å². The number of carbonyl (C=O) groups excluding carboxylic acids is 1. The van der Waals surface area contributed by atoms with Gasteiger partial charge in [0.2, 0.25) is 0 Å². The zero-order valence-corrected chi connectivity index (χ0v) is 15.9. The summed E-state index contributed by atoms with van der Waals surface area (Å²) in [7, 11) is 0. The number of aliphatic hydroxyl groups is 1. The van der Waals surface area contributed by atoms with E-state index in [1.54, 1.807) is 13.8 Å². The molecular weight excluding hydrogens is 348 g/mol. The van der Waals surface area contributed by atoms with Crippen molar-refractivity contribution in [3.63, 3.8) is 0 Å². The molecule has 0 spiro atoms. The topological polar surface area (TPSA) is 110 Å². The maximum Gasteiger partial charge on any atom is 0.277 e. The van der Waals surface area contributed by atoms with Crippen molar-refractivity contribution in [2.24, 2.45) is 11.8 Å². The monoisotopic (exact) mass is 372 g/mol. The third kappa shape index (κ3) is 3.07. The van der Waals surface area contributed by atoms with Crippen molar-refractivity contribution in [1.82, 2.24) is 19.5 Å². The second-order valence-electron chi connectivity index (χ2n) is 7.31. The summed E-state index contributed by atoms with van der Waals surface area (Å²) < 4.78 is 7.47. The summed E-state index contributed by atoms with van der Waals surface area (Å²) in [6.45, 7) is 7.30. The Morgan fingerprint density at radius 3 is 2.81 bits per heavy atom. The molecule has 1 aliphatic rings. The summed E-state index contributed by atoms with van der Waals surface area (Å²) in [6.07, 6.45) is 5.88. The Balaban J connectivity index is 2.02. The van der Waals surface area contributed by atoms with Gasteiger partial charge in [0, 0.05) is 11.8 Å². The van der Waals surface area contributed by atoms with Crippen molar-refractivity contribution < 1.29 is 14.6 Å². The maximum absolute atomic E-state index is 12.6. The number of carbonyl (C=O) groups is 1. The quantitative estimate of drug-likeness (QED) is 0.763. The number of nitrogens with one attached hydrogen (secondary N) is 1. The number of hydrogen-bond acceptors (Lipinski definition) is 6. The highest BCUT2D eigenvalue weighted by molar-refractivity contribution is 5.82. The number of Topliss-reactive ketones (excluding diaryl/α,β-unsaturated/α-hetero) is 1. The van der Waals surface area contributed by atoms with Crippen LogP contribution in [0.3, 0.4) is 0 Å². The van der Waals surface area contributed by atoms with E-state index in [1.165, 1.54) is 10.9 Å². The van der Waals surface area contributed by atoms with E-state index >= 15 is 0 Å². The van der Waals surface area contributed by atoms with E-state index in [2.05, 4.69) is 20.9 Å². The van der Waals surface area contributed by atoms with Gasteiger partial charge in [-0.2, -0.15) is 0 Å². The summed E-state index contributed by atoms with van der Waals surface area (Å²) in [5.74, 6) is 2.42. The molecule has 3 rings (SSSR count). The number of hydrogen-bond donors (Lipinski definition) is 2. The summed E-state index contributed by atoms with van der Waals surface area (Å²) in [5.41, 5.74) is -0.980. The fourth-order valence-corrected chi connectivity index (χ4v) is 3.45. The zero-order valence-electron chi connectivity index (χ0n) is 15.9. The number of terminal acetylenes is 1. The van der Waals surface area contributed by atoms with Crippen LogP contribution in [0.15, 0.2) is 11.1 Å². The number of aromatic amines is 1. The minimum absolute atomic E-state index is 0.0259. The molecule has 1 aliphatic heterocycles. The van der Waals surface area contributed by atoms with Gasteiger partial charge in [-0.1, -0.05) is 33.6 Å². The van der Waals surface area contributed by atoms with Crippen molar-refractivity contribution in [1.29, 1.82) is 0 Å². The number of aliphatic hydroxyl groups excluding tert-OH is 1. The highest BCUT2D eigenvalue weighted by Gasteiger charge is 2.51. The number of fused-ring (bicyclic) bond motifs is 1. The van der Waals surface area contributed by atoms with Crippen molar-refractivity contribution in [3.8, 4) is 12.3 Å². The number of rotatable bonds is 5. The molecule has 0 aromatic carbocycles. The lowest BCUT2D eigenvalue weighted by atomic mass is 9.85. The summed E-state index contributed by atoms with van der Waals surface area (Å²) in [6, 6.07) is 0. The first-order chi connectivity index (χ1) is 12.7. The Morgan fingerprint density at radius 2 is 2.26 bits per heavy atom. The van der Waals surface area contributed by atoms with Gasteiger partial charge < -0.3 is 14.8 Å². The van der Waals surface area contributed by atoms with Gasteiger partial charge >= 0.3 is 0 Å². The van der Waals surface area contributed by atoms with Crippen LogP contribution >= 0.6 is 0 Å². The third-order valence-corrected chi connectivity index (χ3v) is 5.39. The highest BCUT2D eigenvalue weighted by atomic mass is 16.5.